The van der Waals surface area contributed by atoms with Crippen LogP contribution in [0.4, 0.5) is 5.69 Å². The van der Waals surface area contributed by atoms with Crippen LogP contribution in [0, 0.1) is 0 Å². The Bertz CT molecular complexity index is 1260. The summed E-state index contributed by atoms with van der Waals surface area (Å²) in [6, 6.07) is 24.1. The van der Waals surface area contributed by atoms with Gasteiger partial charge in [-0.3, -0.25) is 9.10 Å². The molecule has 2 atom stereocenters. The fourth-order valence-electron chi connectivity index (χ4n) is 4.63. The molecule has 0 aromatic heterocycles. The predicted molar refractivity (Wildman–Crippen MR) is 128 cm³/mol. The predicted octanol–water partition coefficient (Wildman–Crippen LogP) is 3.98. The summed E-state index contributed by atoms with van der Waals surface area (Å²) in [6.45, 7) is -0.0631. The molecule has 5 rings (SSSR count). The van der Waals surface area contributed by atoms with Crippen molar-refractivity contribution in [1.29, 1.82) is 0 Å². The molecule has 0 radical (unpaired) electrons. The zero-order valence-electron chi connectivity index (χ0n) is 18.2. The van der Waals surface area contributed by atoms with Gasteiger partial charge >= 0.3 is 0 Å². The van der Waals surface area contributed by atoms with Crippen LogP contribution in [0.2, 0.25) is 0 Å². The van der Waals surface area contributed by atoms with Crippen molar-refractivity contribution >= 4 is 21.6 Å². The van der Waals surface area contributed by atoms with E-state index in [4.69, 9.17) is 4.74 Å². The van der Waals surface area contributed by atoms with Crippen molar-refractivity contribution < 1.29 is 17.9 Å². The summed E-state index contributed by atoms with van der Waals surface area (Å²) in [7, 11) is -3.72. The van der Waals surface area contributed by atoms with Crippen molar-refractivity contribution in [2.24, 2.45) is 0 Å². The number of para-hydroxylation sites is 2. The maximum absolute atomic E-state index is 13.4. The van der Waals surface area contributed by atoms with Gasteiger partial charge in [0.2, 0.25) is 10.0 Å². The van der Waals surface area contributed by atoms with Gasteiger partial charge in [-0.1, -0.05) is 66.7 Å². The highest BCUT2D eigenvalue weighted by molar-refractivity contribution is 7.92. The molecule has 1 aliphatic carbocycles. The molecule has 1 aliphatic heterocycles. The Morgan fingerprint density at radius 2 is 1.70 bits per heavy atom. The number of fused-ring (bicyclic) bond motifs is 2. The molecule has 0 saturated carbocycles. The summed E-state index contributed by atoms with van der Waals surface area (Å²) in [6.07, 6.45) is 1.91. The van der Waals surface area contributed by atoms with E-state index in [1.807, 2.05) is 36.4 Å². The summed E-state index contributed by atoms with van der Waals surface area (Å²) in [4.78, 5) is 13.3. The number of aryl methyl sites for hydroxylation is 1. The lowest BCUT2D eigenvalue weighted by Gasteiger charge is -2.36. The summed E-state index contributed by atoms with van der Waals surface area (Å²) in [5.41, 5.74) is 3.53. The molecule has 1 amide bonds. The number of amides is 1. The lowest BCUT2D eigenvalue weighted by molar-refractivity contribution is -0.128. The number of benzene rings is 3. The van der Waals surface area contributed by atoms with E-state index in [-0.39, 0.29) is 24.2 Å². The first kappa shape index (κ1) is 21.5. The summed E-state index contributed by atoms with van der Waals surface area (Å²) >= 11 is 0. The van der Waals surface area contributed by atoms with Gasteiger partial charge in [-0.15, -0.1) is 0 Å². The minimum absolute atomic E-state index is 0.0631. The van der Waals surface area contributed by atoms with E-state index in [1.54, 1.807) is 36.4 Å². The maximum Gasteiger partial charge on any atom is 0.263 e. The van der Waals surface area contributed by atoms with Crippen LogP contribution in [0.5, 0.6) is 5.75 Å². The number of sulfonamides is 1. The number of carbonyl (C=O) groups is 1. The molecule has 170 valence electrons. The van der Waals surface area contributed by atoms with Gasteiger partial charge in [-0.2, -0.15) is 0 Å². The number of rotatable bonds is 5. The largest absolute Gasteiger partial charge is 0.476 e. The van der Waals surface area contributed by atoms with Crippen molar-refractivity contribution in [2.75, 3.05) is 10.8 Å². The molecule has 6 nitrogen and oxygen atoms in total. The molecule has 0 bridgehead atoms. The van der Waals surface area contributed by atoms with Crippen molar-refractivity contribution in [2.45, 2.75) is 37.2 Å². The Hall–Kier alpha value is -3.32. The minimum Gasteiger partial charge on any atom is -0.476 e. The van der Waals surface area contributed by atoms with E-state index < -0.39 is 16.1 Å². The quantitative estimate of drug-likeness (QED) is 0.622. The van der Waals surface area contributed by atoms with Gasteiger partial charge in [0.15, 0.2) is 6.10 Å². The molecule has 0 unspecified atom stereocenters. The van der Waals surface area contributed by atoms with Crippen LogP contribution in [0.3, 0.4) is 0 Å². The van der Waals surface area contributed by atoms with E-state index in [1.165, 1.54) is 9.87 Å². The first-order chi connectivity index (χ1) is 16.0. The Morgan fingerprint density at radius 1 is 0.970 bits per heavy atom. The molecule has 2 aliphatic rings. The van der Waals surface area contributed by atoms with Gasteiger partial charge in [0, 0.05) is 0 Å². The highest BCUT2D eigenvalue weighted by atomic mass is 32.2. The van der Waals surface area contributed by atoms with Crippen LogP contribution in [-0.2, 0) is 27.0 Å². The van der Waals surface area contributed by atoms with E-state index in [9.17, 15) is 13.2 Å². The van der Waals surface area contributed by atoms with Crippen LogP contribution in [0.15, 0.2) is 78.9 Å². The second-order valence-electron chi connectivity index (χ2n) is 8.50. The number of hydrogen-bond acceptors (Lipinski definition) is 4. The third-order valence-electron chi connectivity index (χ3n) is 6.24. The highest BCUT2D eigenvalue weighted by Crippen LogP contribution is 2.36. The second kappa shape index (κ2) is 8.90. The normalized spacial score (nSPS) is 19.7. The molecule has 0 saturated heterocycles. The minimum atomic E-state index is -3.72. The number of nitrogens with zero attached hydrogens (tertiary/aromatic N) is 1. The SMILES string of the molecule is O=C(N[C@@H]1CCCc2ccccc21)[C@H]1CN(S(=O)(=O)Cc2ccccc2)c2ccccc2O1. The number of ether oxygens (including phenoxy) is 1. The Balaban J connectivity index is 1.39. The zero-order chi connectivity index (χ0) is 22.8. The molecule has 7 heteroatoms. The fraction of sp³-hybridized carbons (Fsp3) is 0.269. The van der Waals surface area contributed by atoms with Crippen molar-refractivity contribution in [3.05, 3.63) is 95.6 Å². The average Bonchev–Trinajstić information content (AvgIpc) is 2.84. The Morgan fingerprint density at radius 3 is 2.55 bits per heavy atom. The zero-order valence-corrected chi connectivity index (χ0v) is 19.0. The van der Waals surface area contributed by atoms with Gasteiger partial charge < -0.3 is 10.1 Å². The van der Waals surface area contributed by atoms with Crippen molar-refractivity contribution in [3.63, 3.8) is 0 Å². The van der Waals surface area contributed by atoms with E-state index in [0.29, 0.717) is 17.0 Å². The summed E-state index contributed by atoms with van der Waals surface area (Å²) in [5.74, 6) is -0.0531. The van der Waals surface area contributed by atoms with Gasteiger partial charge in [-0.05, 0) is 48.1 Å². The smallest absolute Gasteiger partial charge is 0.263 e. The molecule has 3 aromatic carbocycles. The molecule has 1 heterocycles. The van der Waals surface area contributed by atoms with Crippen LogP contribution in [-0.4, -0.2) is 27.0 Å². The second-order valence-corrected chi connectivity index (χ2v) is 10.4. The van der Waals surface area contributed by atoms with Crippen LogP contribution in [0.1, 0.15) is 35.6 Å². The molecule has 33 heavy (non-hydrogen) atoms. The monoisotopic (exact) mass is 462 g/mol. The topological polar surface area (TPSA) is 75.7 Å². The molecular weight excluding hydrogens is 436 g/mol. The molecule has 0 fully saturated rings. The van der Waals surface area contributed by atoms with Crippen LogP contribution in [0.25, 0.3) is 0 Å². The first-order valence-corrected chi connectivity index (χ1v) is 12.8. The Labute approximate surface area is 194 Å². The van der Waals surface area contributed by atoms with Gasteiger partial charge in [0.05, 0.1) is 24.0 Å². The number of anilines is 1. The summed E-state index contributed by atoms with van der Waals surface area (Å²) in [5, 5.41) is 3.11. The van der Waals surface area contributed by atoms with Crippen molar-refractivity contribution in [3.8, 4) is 5.75 Å². The van der Waals surface area contributed by atoms with Crippen LogP contribution >= 0.6 is 0 Å². The third-order valence-corrected chi connectivity index (χ3v) is 7.96. The molecule has 3 aromatic rings. The van der Waals surface area contributed by atoms with Gasteiger partial charge in [0.25, 0.3) is 5.91 Å². The number of nitrogens with one attached hydrogen (secondary N) is 1. The average molecular weight is 463 g/mol. The fourth-order valence-corrected chi connectivity index (χ4v) is 6.22. The van der Waals surface area contributed by atoms with E-state index >= 15 is 0 Å². The summed E-state index contributed by atoms with van der Waals surface area (Å²) < 4.78 is 34.1. The standard InChI is InChI=1S/C26H26N2O4S/c29-26(27-22-14-8-12-20-11-4-5-13-21(20)22)25-17-28(23-15-6-7-16-24(23)32-25)33(30,31)18-19-9-2-1-3-10-19/h1-7,9-11,13,15-16,22,25H,8,12,14,17-18H2,(H,27,29)/t22-,25-/m1/s1. The maximum atomic E-state index is 13.4. The number of hydrogen-bond donors (Lipinski definition) is 1. The van der Waals surface area contributed by atoms with E-state index in [2.05, 4.69) is 11.4 Å². The van der Waals surface area contributed by atoms with Gasteiger partial charge in [0.1, 0.15) is 5.75 Å². The van der Waals surface area contributed by atoms with Crippen molar-refractivity contribution in [1.82, 2.24) is 5.32 Å². The highest BCUT2D eigenvalue weighted by Gasteiger charge is 2.37. The Kier molecular flexibility index (Phi) is 5.81. The third kappa shape index (κ3) is 4.46. The first-order valence-electron chi connectivity index (χ1n) is 11.2. The van der Waals surface area contributed by atoms with Crippen LogP contribution < -0.4 is 14.4 Å². The number of carbonyl (C=O) groups excluding carboxylic acids is 1. The van der Waals surface area contributed by atoms with Gasteiger partial charge in [-0.25, -0.2) is 8.42 Å². The molecular formula is C26H26N2O4S. The lowest BCUT2D eigenvalue weighted by atomic mass is 9.87. The van der Waals surface area contributed by atoms with E-state index in [0.717, 1.165) is 24.8 Å². The molecule has 0 spiro atoms. The molecule has 1 N–H and O–H groups in total. The lowest BCUT2D eigenvalue weighted by Crippen LogP contribution is -2.51.